The molecule has 2 aromatic heterocycles. The number of hydrogen-bond acceptors (Lipinski definition) is 2. The fourth-order valence-electron chi connectivity index (χ4n) is 2.74. The average Bonchev–Trinajstić information content (AvgIpc) is 3.06. The number of hydrogen-bond donors (Lipinski definition) is 0. The molecule has 0 bridgehead atoms. The topological polar surface area (TPSA) is 30.7 Å². The number of aromatic nitrogens is 3. The van der Waals surface area contributed by atoms with E-state index >= 15 is 0 Å². The third-order valence-corrected chi connectivity index (χ3v) is 3.90. The largest absolute Gasteiger partial charge is 0.433 e. The minimum absolute atomic E-state index is 0.0756. The molecule has 2 heterocycles. The smallest absolute Gasteiger partial charge is 0.325 e. The Morgan fingerprint density at radius 3 is 2.48 bits per heavy atom. The van der Waals surface area contributed by atoms with Gasteiger partial charge < -0.3 is 4.57 Å². The van der Waals surface area contributed by atoms with Crippen molar-refractivity contribution in [3.8, 4) is 0 Å². The van der Waals surface area contributed by atoms with Crippen molar-refractivity contribution >= 4 is 11.0 Å². The summed E-state index contributed by atoms with van der Waals surface area (Å²) in [5.41, 5.74) is 0.636. The van der Waals surface area contributed by atoms with E-state index in [0.29, 0.717) is 22.6 Å². The highest BCUT2D eigenvalue weighted by atomic mass is 19.4. The lowest BCUT2D eigenvalue weighted by atomic mass is 10.2. The third-order valence-electron chi connectivity index (χ3n) is 3.90. The summed E-state index contributed by atoms with van der Waals surface area (Å²) in [6.45, 7) is 5.54. The van der Waals surface area contributed by atoms with Crippen LogP contribution in [-0.2, 0) is 12.6 Å². The van der Waals surface area contributed by atoms with Gasteiger partial charge in [-0.15, -0.1) is 0 Å². The fraction of sp³-hybridized carbons (Fsp3) is 0.600. The molecule has 21 heavy (non-hydrogen) atoms. The van der Waals surface area contributed by atoms with Gasteiger partial charge in [0.1, 0.15) is 17.0 Å². The second kappa shape index (κ2) is 4.71. The van der Waals surface area contributed by atoms with Gasteiger partial charge >= 0.3 is 6.18 Å². The summed E-state index contributed by atoms with van der Waals surface area (Å²) in [4.78, 5) is 8.25. The van der Waals surface area contributed by atoms with Crippen molar-refractivity contribution in [2.75, 3.05) is 0 Å². The minimum atomic E-state index is -4.43. The van der Waals surface area contributed by atoms with Crippen molar-refractivity contribution in [2.24, 2.45) is 5.92 Å². The molecule has 1 fully saturated rings. The van der Waals surface area contributed by atoms with Crippen LogP contribution in [0.25, 0.3) is 11.0 Å². The van der Waals surface area contributed by atoms with Gasteiger partial charge in [0.25, 0.3) is 0 Å². The number of imidazole rings is 1. The molecule has 3 nitrogen and oxygen atoms in total. The van der Waals surface area contributed by atoms with Gasteiger partial charge in [-0.25, -0.2) is 9.97 Å². The molecule has 0 radical (unpaired) electrons. The van der Waals surface area contributed by atoms with Gasteiger partial charge in [0.05, 0.1) is 11.2 Å². The highest BCUT2D eigenvalue weighted by molar-refractivity contribution is 5.79. The lowest BCUT2D eigenvalue weighted by molar-refractivity contribution is -0.141. The van der Waals surface area contributed by atoms with Crippen LogP contribution in [-0.4, -0.2) is 14.5 Å². The first-order valence-corrected chi connectivity index (χ1v) is 7.23. The van der Waals surface area contributed by atoms with E-state index < -0.39 is 11.9 Å². The molecule has 0 saturated heterocycles. The quantitative estimate of drug-likeness (QED) is 0.846. The van der Waals surface area contributed by atoms with Crippen molar-refractivity contribution in [1.82, 2.24) is 14.5 Å². The van der Waals surface area contributed by atoms with Crippen LogP contribution in [0.4, 0.5) is 13.2 Å². The van der Waals surface area contributed by atoms with Crippen LogP contribution in [0.2, 0.25) is 0 Å². The maximum atomic E-state index is 13.0. The van der Waals surface area contributed by atoms with Crippen LogP contribution in [0.3, 0.4) is 0 Å². The monoisotopic (exact) mass is 297 g/mol. The predicted octanol–water partition coefficient (Wildman–Crippen LogP) is 4.29. The summed E-state index contributed by atoms with van der Waals surface area (Å²) in [6.07, 6.45) is -1.21. The molecule has 2 aromatic rings. The Labute approximate surface area is 121 Å². The molecule has 0 amide bonds. The average molecular weight is 297 g/mol. The maximum Gasteiger partial charge on any atom is 0.433 e. The Bertz CT molecular complexity index is 682. The zero-order chi connectivity index (χ0) is 15.4. The lowest BCUT2D eigenvalue weighted by Gasteiger charge is -2.14. The van der Waals surface area contributed by atoms with Gasteiger partial charge in [0.2, 0.25) is 0 Å². The number of aryl methyl sites for hydroxylation is 1. The van der Waals surface area contributed by atoms with E-state index in [1.807, 2.05) is 18.4 Å². The summed E-state index contributed by atoms with van der Waals surface area (Å²) in [7, 11) is 0. The van der Waals surface area contributed by atoms with Crippen molar-refractivity contribution in [3.63, 3.8) is 0 Å². The summed E-state index contributed by atoms with van der Waals surface area (Å²) in [6, 6.07) is 1.21. The maximum absolute atomic E-state index is 13.0. The molecule has 1 saturated carbocycles. The Morgan fingerprint density at radius 1 is 1.29 bits per heavy atom. The van der Waals surface area contributed by atoms with E-state index in [-0.39, 0.29) is 6.04 Å². The van der Waals surface area contributed by atoms with Gasteiger partial charge in [0.15, 0.2) is 0 Å². The summed E-state index contributed by atoms with van der Waals surface area (Å²) in [5.74, 6) is 1.52. The van der Waals surface area contributed by atoms with Gasteiger partial charge in [-0.3, -0.25) is 0 Å². The Hall–Kier alpha value is -1.59. The number of halogens is 3. The van der Waals surface area contributed by atoms with E-state index in [0.717, 1.165) is 18.3 Å². The first-order chi connectivity index (χ1) is 9.77. The highest BCUT2D eigenvalue weighted by Gasteiger charge is 2.34. The number of nitrogens with zero attached hydrogens (tertiary/aromatic N) is 3. The standard InChI is InChI=1S/C15H18F3N3/c1-8(2)21-11-7-12(15(16,17)18)19-9(3)14(11)20-13(21)6-10-4-5-10/h7-8,10H,4-6H2,1-3H3. The summed E-state index contributed by atoms with van der Waals surface area (Å²) >= 11 is 0. The van der Waals surface area contributed by atoms with Crippen LogP contribution < -0.4 is 0 Å². The predicted molar refractivity (Wildman–Crippen MR) is 74.1 cm³/mol. The van der Waals surface area contributed by atoms with Crippen molar-refractivity contribution < 1.29 is 13.2 Å². The summed E-state index contributed by atoms with van der Waals surface area (Å²) in [5, 5.41) is 0. The number of pyridine rings is 1. The first kappa shape index (κ1) is 14.4. The van der Waals surface area contributed by atoms with Crippen LogP contribution in [0.15, 0.2) is 6.07 Å². The van der Waals surface area contributed by atoms with E-state index in [1.54, 1.807) is 6.92 Å². The molecule has 0 atom stereocenters. The number of rotatable bonds is 3. The zero-order valence-corrected chi connectivity index (χ0v) is 12.3. The van der Waals surface area contributed by atoms with Gasteiger partial charge in [0, 0.05) is 12.5 Å². The van der Waals surface area contributed by atoms with Crippen LogP contribution in [0, 0.1) is 12.8 Å². The molecule has 1 aliphatic rings. The second-order valence-electron chi connectivity index (χ2n) is 6.10. The van der Waals surface area contributed by atoms with E-state index in [2.05, 4.69) is 9.97 Å². The number of alkyl halides is 3. The molecule has 114 valence electrons. The summed E-state index contributed by atoms with van der Waals surface area (Å²) < 4.78 is 40.8. The molecule has 1 aliphatic carbocycles. The molecule has 0 N–H and O–H groups in total. The normalized spacial score (nSPS) is 16.1. The lowest BCUT2D eigenvalue weighted by Crippen LogP contribution is -2.11. The molecular weight excluding hydrogens is 279 g/mol. The second-order valence-corrected chi connectivity index (χ2v) is 6.10. The fourth-order valence-corrected chi connectivity index (χ4v) is 2.74. The van der Waals surface area contributed by atoms with Crippen LogP contribution in [0.1, 0.15) is 49.9 Å². The molecule has 3 rings (SSSR count). The number of fused-ring (bicyclic) bond motifs is 1. The van der Waals surface area contributed by atoms with E-state index in [9.17, 15) is 13.2 Å². The molecule has 0 spiro atoms. The van der Waals surface area contributed by atoms with E-state index in [1.165, 1.54) is 12.8 Å². The Balaban J connectivity index is 2.21. The SMILES string of the molecule is Cc1nc(C(F)(F)F)cc2c1nc(CC1CC1)n2C(C)C. The molecular formula is C15H18F3N3. The Morgan fingerprint density at radius 2 is 1.95 bits per heavy atom. The van der Waals surface area contributed by atoms with Crippen molar-refractivity contribution in [2.45, 2.75) is 52.3 Å². The van der Waals surface area contributed by atoms with Crippen molar-refractivity contribution in [1.29, 1.82) is 0 Å². The third kappa shape index (κ3) is 2.63. The molecule has 0 aromatic carbocycles. The van der Waals surface area contributed by atoms with Crippen LogP contribution >= 0.6 is 0 Å². The van der Waals surface area contributed by atoms with Gasteiger partial charge in [-0.2, -0.15) is 13.2 Å². The van der Waals surface area contributed by atoms with Crippen LogP contribution in [0.5, 0.6) is 0 Å². The molecule has 6 heteroatoms. The van der Waals surface area contributed by atoms with E-state index in [4.69, 9.17) is 0 Å². The molecule has 0 aliphatic heterocycles. The van der Waals surface area contributed by atoms with Gasteiger partial charge in [-0.05, 0) is 45.6 Å². The van der Waals surface area contributed by atoms with Crippen molar-refractivity contribution in [3.05, 3.63) is 23.3 Å². The highest BCUT2D eigenvalue weighted by Crippen LogP contribution is 2.36. The first-order valence-electron chi connectivity index (χ1n) is 7.23. The molecule has 0 unspecified atom stereocenters. The van der Waals surface area contributed by atoms with Gasteiger partial charge in [-0.1, -0.05) is 0 Å². The minimum Gasteiger partial charge on any atom is -0.325 e. The Kier molecular flexibility index (Phi) is 3.22. The zero-order valence-electron chi connectivity index (χ0n) is 12.3.